The van der Waals surface area contributed by atoms with Crippen LogP contribution in [0.1, 0.15) is 46.0 Å². The molecule has 0 bridgehead atoms. The predicted octanol–water partition coefficient (Wildman–Crippen LogP) is 3.82. The fourth-order valence-electron chi connectivity index (χ4n) is 0.963. The highest BCUT2D eigenvalue weighted by Crippen LogP contribution is 2.13. The van der Waals surface area contributed by atoms with Crippen molar-refractivity contribution in [3.8, 4) is 0 Å². The minimum absolute atomic E-state index is 0.216. The second-order valence-corrected chi connectivity index (χ2v) is 4.04. The van der Waals surface area contributed by atoms with Crippen LogP contribution in [0.3, 0.4) is 0 Å². The van der Waals surface area contributed by atoms with Crippen LogP contribution in [0.15, 0.2) is 10.6 Å². The lowest BCUT2D eigenvalue weighted by molar-refractivity contribution is -0.116. The maximum Gasteiger partial charge on any atom is 0.134 e. The van der Waals surface area contributed by atoms with E-state index in [1.54, 1.807) is 6.92 Å². The van der Waals surface area contributed by atoms with Crippen molar-refractivity contribution in [2.45, 2.75) is 46.0 Å². The predicted molar refractivity (Wildman–Crippen MR) is 56.5 cm³/mol. The van der Waals surface area contributed by atoms with Gasteiger partial charge in [-0.05, 0) is 24.2 Å². The summed E-state index contributed by atoms with van der Waals surface area (Å²) < 4.78 is 1.03. The highest BCUT2D eigenvalue weighted by Gasteiger charge is 1.95. The quantitative estimate of drug-likeness (QED) is 0.637. The van der Waals surface area contributed by atoms with Gasteiger partial charge in [-0.1, -0.05) is 41.8 Å². The van der Waals surface area contributed by atoms with Gasteiger partial charge in [-0.15, -0.1) is 0 Å². The number of carbonyl (C=O) groups is 1. The van der Waals surface area contributed by atoms with Gasteiger partial charge in [0.1, 0.15) is 5.78 Å². The summed E-state index contributed by atoms with van der Waals surface area (Å²) in [5.41, 5.74) is 0. The van der Waals surface area contributed by atoms with Crippen LogP contribution in [0.2, 0.25) is 0 Å². The summed E-state index contributed by atoms with van der Waals surface area (Å²) in [6.07, 6.45) is 7.49. The molecule has 1 nitrogen and oxygen atoms in total. The Hall–Kier alpha value is -0.110. The average molecular weight is 233 g/mol. The van der Waals surface area contributed by atoms with Crippen LogP contribution in [-0.4, -0.2) is 5.78 Å². The summed E-state index contributed by atoms with van der Waals surface area (Å²) in [6.45, 7) is 3.80. The maximum atomic E-state index is 10.7. The Balaban J connectivity index is 3.48. The van der Waals surface area contributed by atoms with Crippen LogP contribution in [0.25, 0.3) is 0 Å². The van der Waals surface area contributed by atoms with Crippen LogP contribution in [0.5, 0.6) is 0 Å². The summed E-state index contributed by atoms with van der Waals surface area (Å²) >= 11 is 3.37. The molecule has 0 fully saturated rings. The monoisotopic (exact) mass is 232 g/mol. The molecule has 0 aromatic carbocycles. The fraction of sp³-hybridized carbons (Fsp3) is 0.700. The highest BCUT2D eigenvalue weighted by atomic mass is 79.9. The minimum Gasteiger partial charge on any atom is -0.300 e. The lowest BCUT2D eigenvalue weighted by Crippen LogP contribution is -1.88. The average Bonchev–Trinajstić information content (AvgIpc) is 1.97. The Bertz CT molecular complexity index is 161. The van der Waals surface area contributed by atoms with Gasteiger partial charge < -0.3 is 0 Å². The largest absolute Gasteiger partial charge is 0.300 e. The molecule has 0 radical (unpaired) electrons. The molecule has 0 amide bonds. The van der Waals surface area contributed by atoms with Crippen LogP contribution in [0, 0.1) is 0 Å². The van der Waals surface area contributed by atoms with Gasteiger partial charge in [-0.25, -0.2) is 0 Å². The third-order valence-electron chi connectivity index (χ3n) is 1.59. The number of carbonyl (C=O) groups excluding carboxylic acids is 1. The zero-order chi connectivity index (χ0) is 9.40. The van der Waals surface area contributed by atoms with Crippen LogP contribution in [-0.2, 0) is 4.79 Å². The van der Waals surface area contributed by atoms with Crippen molar-refractivity contribution in [1.82, 2.24) is 0 Å². The Morgan fingerprint density at radius 3 is 2.58 bits per heavy atom. The van der Waals surface area contributed by atoms with Crippen LogP contribution in [0.4, 0.5) is 0 Å². The molecular formula is C10H17BrO. The van der Waals surface area contributed by atoms with Crippen molar-refractivity contribution in [3.05, 3.63) is 10.6 Å². The lowest BCUT2D eigenvalue weighted by Gasteiger charge is -1.95. The van der Waals surface area contributed by atoms with E-state index in [9.17, 15) is 4.79 Å². The van der Waals surface area contributed by atoms with Gasteiger partial charge in [0.05, 0.1) is 0 Å². The Morgan fingerprint density at radius 1 is 1.42 bits per heavy atom. The molecule has 0 aliphatic heterocycles. The number of unbranched alkanes of at least 4 members (excludes halogenated alkanes) is 3. The molecule has 0 aliphatic carbocycles. The number of hydrogen-bond acceptors (Lipinski definition) is 1. The minimum atomic E-state index is 0.216. The molecule has 0 atom stereocenters. The van der Waals surface area contributed by atoms with E-state index in [0.717, 1.165) is 10.9 Å². The van der Waals surface area contributed by atoms with Crippen molar-refractivity contribution >= 4 is 21.7 Å². The molecule has 0 saturated carbocycles. The first-order valence-corrected chi connectivity index (χ1v) is 5.30. The second-order valence-electron chi connectivity index (χ2n) is 3.03. The third kappa shape index (κ3) is 7.99. The van der Waals surface area contributed by atoms with Gasteiger partial charge >= 0.3 is 0 Å². The summed E-state index contributed by atoms with van der Waals surface area (Å²) in [5.74, 6) is 0.216. The normalized spacial score (nSPS) is 11.8. The number of halogens is 1. The molecule has 0 aromatic rings. The Kier molecular flexibility index (Phi) is 7.47. The fourth-order valence-corrected chi connectivity index (χ4v) is 1.59. The first-order chi connectivity index (χ1) is 5.66. The Labute approximate surface area is 83.4 Å². The second kappa shape index (κ2) is 7.53. The molecule has 0 rings (SSSR count). The Morgan fingerprint density at radius 2 is 2.08 bits per heavy atom. The lowest BCUT2D eigenvalue weighted by atomic mass is 10.2. The van der Waals surface area contributed by atoms with E-state index >= 15 is 0 Å². The van der Waals surface area contributed by atoms with Gasteiger partial charge in [0.15, 0.2) is 0 Å². The van der Waals surface area contributed by atoms with E-state index in [1.807, 2.05) is 0 Å². The number of rotatable bonds is 6. The number of Topliss-reactive ketones (excluding diaryl/α,β-unsaturated/α-hetero) is 1. The van der Waals surface area contributed by atoms with Crippen molar-refractivity contribution < 1.29 is 4.79 Å². The van der Waals surface area contributed by atoms with Gasteiger partial charge in [-0.3, -0.25) is 4.79 Å². The number of allylic oxidation sites excluding steroid dienone is 2. The van der Waals surface area contributed by atoms with Gasteiger partial charge in [-0.2, -0.15) is 0 Å². The zero-order valence-corrected chi connectivity index (χ0v) is 9.49. The molecule has 0 unspecified atom stereocenters. The van der Waals surface area contributed by atoms with Crippen LogP contribution >= 0.6 is 15.9 Å². The van der Waals surface area contributed by atoms with E-state index in [2.05, 4.69) is 28.9 Å². The smallest absolute Gasteiger partial charge is 0.134 e. The molecule has 0 aliphatic rings. The molecule has 0 heterocycles. The van der Waals surface area contributed by atoms with E-state index < -0.39 is 0 Å². The van der Waals surface area contributed by atoms with E-state index in [4.69, 9.17) is 0 Å². The first kappa shape index (κ1) is 11.9. The highest BCUT2D eigenvalue weighted by molar-refractivity contribution is 9.11. The molecule has 0 N–H and O–H groups in total. The molecule has 12 heavy (non-hydrogen) atoms. The molecule has 70 valence electrons. The topological polar surface area (TPSA) is 17.1 Å². The summed E-state index contributed by atoms with van der Waals surface area (Å²) in [4.78, 5) is 10.7. The van der Waals surface area contributed by atoms with E-state index in [-0.39, 0.29) is 5.78 Å². The first-order valence-electron chi connectivity index (χ1n) is 4.50. The molecule has 2 heteroatoms. The molecule has 0 saturated heterocycles. The number of hydrogen-bond donors (Lipinski definition) is 0. The van der Waals surface area contributed by atoms with Crippen LogP contribution < -0.4 is 0 Å². The van der Waals surface area contributed by atoms with Gasteiger partial charge in [0, 0.05) is 6.42 Å². The van der Waals surface area contributed by atoms with Crippen molar-refractivity contribution in [1.29, 1.82) is 0 Å². The number of ketones is 1. The summed E-state index contributed by atoms with van der Waals surface area (Å²) in [7, 11) is 0. The molecule has 0 spiro atoms. The summed E-state index contributed by atoms with van der Waals surface area (Å²) in [5, 5.41) is 0. The zero-order valence-electron chi connectivity index (χ0n) is 7.90. The van der Waals surface area contributed by atoms with Crippen molar-refractivity contribution in [2.75, 3.05) is 0 Å². The van der Waals surface area contributed by atoms with E-state index in [1.165, 1.54) is 19.3 Å². The SMILES string of the molecule is CCCCC/C=C(\Br)CC(C)=O. The van der Waals surface area contributed by atoms with E-state index in [0.29, 0.717) is 6.42 Å². The summed E-state index contributed by atoms with van der Waals surface area (Å²) in [6, 6.07) is 0. The molecule has 0 aromatic heterocycles. The van der Waals surface area contributed by atoms with Crippen molar-refractivity contribution in [2.24, 2.45) is 0 Å². The molecular weight excluding hydrogens is 216 g/mol. The van der Waals surface area contributed by atoms with Crippen molar-refractivity contribution in [3.63, 3.8) is 0 Å². The van der Waals surface area contributed by atoms with Gasteiger partial charge in [0.25, 0.3) is 0 Å². The standard InChI is InChI=1S/C10H17BrO/c1-3-4-5-6-7-10(11)8-9(2)12/h7H,3-6,8H2,1-2H3/b10-7-. The van der Waals surface area contributed by atoms with Gasteiger partial charge in [0.2, 0.25) is 0 Å². The maximum absolute atomic E-state index is 10.7. The third-order valence-corrected chi connectivity index (χ3v) is 2.20.